The van der Waals surface area contributed by atoms with E-state index in [2.05, 4.69) is 23.3 Å². The average Bonchev–Trinajstić information content (AvgIpc) is 2.83. The number of nitrogens with zero attached hydrogens (tertiary/aromatic N) is 2. The summed E-state index contributed by atoms with van der Waals surface area (Å²) in [6.45, 7) is 6.43. The third-order valence-corrected chi connectivity index (χ3v) is 5.12. The van der Waals surface area contributed by atoms with Crippen LogP contribution in [0.25, 0.3) is 0 Å². The number of hydrogen-bond donors (Lipinski definition) is 0. The number of amides is 1. The Morgan fingerprint density at radius 3 is 2.18 bits per heavy atom. The van der Waals surface area contributed by atoms with E-state index in [0.29, 0.717) is 23.6 Å². The van der Waals surface area contributed by atoms with Gasteiger partial charge < -0.3 is 19.1 Å². The van der Waals surface area contributed by atoms with Crippen LogP contribution in [0.2, 0.25) is 0 Å². The van der Waals surface area contributed by atoms with Crippen LogP contribution in [0, 0.1) is 0 Å². The van der Waals surface area contributed by atoms with Crippen LogP contribution in [0.15, 0.2) is 61.2 Å². The second kappa shape index (κ2) is 14.0. The molecule has 2 aromatic rings. The molecule has 0 aromatic heterocycles. The molecule has 0 fully saturated rings. The maximum absolute atomic E-state index is 12.4. The topological polar surface area (TPSA) is 68.3 Å². The van der Waals surface area contributed by atoms with E-state index < -0.39 is 12.1 Å². The van der Waals surface area contributed by atoms with Gasteiger partial charge in [-0.05, 0) is 75.0 Å². The van der Waals surface area contributed by atoms with Gasteiger partial charge in [0, 0.05) is 19.3 Å². The molecule has 2 aromatic carbocycles. The monoisotopic (exact) mass is 454 g/mol. The van der Waals surface area contributed by atoms with Crippen LogP contribution in [0.5, 0.6) is 11.5 Å². The summed E-state index contributed by atoms with van der Waals surface area (Å²) in [5.41, 5.74) is 1.07. The van der Waals surface area contributed by atoms with E-state index in [1.807, 2.05) is 30.3 Å². The van der Waals surface area contributed by atoms with E-state index in [0.717, 1.165) is 31.7 Å². The molecule has 0 heterocycles. The highest BCUT2D eigenvalue weighted by Gasteiger charge is 2.14. The second-order valence-corrected chi connectivity index (χ2v) is 7.75. The first-order chi connectivity index (χ1) is 15.9. The number of carbonyl (C=O) groups excluding carboxylic acids is 2. The zero-order valence-electron chi connectivity index (χ0n) is 19.8. The Kier molecular flexibility index (Phi) is 11.0. The van der Waals surface area contributed by atoms with Gasteiger partial charge in [0.25, 0.3) is 0 Å². The predicted octanol–water partition coefficient (Wildman–Crippen LogP) is 5.17. The van der Waals surface area contributed by atoms with E-state index >= 15 is 0 Å². The number of esters is 1. The SMILES string of the molecule is C=CCN(C)CCCCCCOc1ccc(N(C)C(=O)Oc2ccc(C(=O)OC)cc2)cc1. The zero-order chi connectivity index (χ0) is 24.1. The number of carbonyl (C=O) groups is 2. The highest BCUT2D eigenvalue weighted by atomic mass is 16.6. The van der Waals surface area contributed by atoms with E-state index in [1.54, 1.807) is 31.3 Å². The highest BCUT2D eigenvalue weighted by molar-refractivity contribution is 5.90. The van der Waals surface area contributed by atoms with Gasteiger partial charge >= 0.3 is 12.1 Å². The van der Waals surface area contributed by atoms with Crippen molar-refractivity contribution in [2.75, 3.05) is 45.8 Å². The van der Waals surface area contributed by atoms with Crippen LogP contribution in [0.3, 0.4) is 0 Å². The molecule has 7 nitrogen and oxygen atoms in total. The zero-order valence-corrected chi connectivity index (χ0v) is 19.8. The summed E-state index contributed by atoms with van der Waals surface area (Å²) in [5, 5.41) is 0. The first-order valence-electron chi connectivity index (χ1n) is 11.1. The number of anilines is 1. The van der Waals surface area contributed by atoms with Gasteiger partial charge in [-0.2, -0.15) is 0 Å². The summed E-state index contributed by atoms with van der Waals surface area (Å²) in [6, 6.07) is 13.5. The lowest BCUT2D eigenvalue weighted by Crippen LogP contribution is -2.29. The Balaban J connectivity index is 1.72. The molecular formula is C26H34N2O5. The number of methoxy groups -OCH3 is 1. The molecule has 0 radical (unpaired) electrons. The van der Waals surface area contributed by atoms with Crippen molar-refractivity contribution in [3.05, 3.63) is 66.7 Å². The van der Waals surface area contributed by atoms with Crippen LogP contribution < -0.4 is 14.4 Å². The van der Waals surface area contributed by atoms with Crippen LogP contribution >= 0.6 is 0 Å². The van der Waals surface area contributed by atoms with Crippen molar-refractivity contribution < 1.29 is 23.8 Å². The lowest BCUT2D eigenvalue weighted by atomic mass is 10.2. The maximum Gasteiger partial charge on any atom is 0.419 e. The van der Waals surface area contributed by atoms with Crippen molar-refractivity contribution in [1.29, 1.82) is 0 Å². The Morgan fingerprint density at radius 1 is 0.909 bits per heavy atom. The fourth-order valence-electron chi connectivity index (χ4n) is 3.16. The maximum atomic E-state index is 12.4. The minimum absolute atomic E-state index is 0.340. The number of rotatable bonds is 13. The minimum atomic E-state index is -0.534. The van der Waals surface area contributed by atoms with Crippen molar-refractivity contribution in [1.82, 2.24) is 4.90 Å². The first kappa shape index (κ1) is 25.9. The average molecular weight is 455 g/mol. The van der Waals surface area contributed by atoms with Gasteiger partial charge in [-0.15, -0.1) is 6.58 Å². The predicted molar refractivity (Wildman–Crippen MR) is 130 cm³/mol. The van der Waals surface area contributed by atoms with E-state index in [9.17, 15) is 9.59 Å². The molecule has 0 saturated heterocycles. The van der Waals surface area contributed by atoms with Crippen molar-refractivity contribution in [2.24, 2.45) is 0 Å². The first-order valence-corrected chi connectivity index (χ1v) is 11.1. The summed E-state index contributed by atoms with van der Waals surface area (Å²) in [4.78, 5) is 27.6. The molecular weight excluding hydrogens is 420 g/mol. The minimum Gasteiger partial charge on any atom is -0.494 e. The van der Waals surface area contributed by atoms with Crippen molar-refractivity contribution in [2.45, 2.75) is 25.7 Å². The molecule has 0 unspecified atom stereocenters. The smallest absolute Gasteiger partial charge is 0.419 e. The molecule has 7 heteroatoms. The fraction of sp³-hybridized carbons (Fsp3) is 0.385. The van der Waals surface area contributed by atoms with Gasteiger partial charge in [0.15, 0.2) is 0 Å². The van der Waals surface area contributed by atoms with Crippen LogP contribution in [-0.4, -0.2) is 57.9 Å². The lowest BCUT2D eigenvalue weighted by Gasteiger charge is -2.17. The van der Waals surface area contributed by atoms with Crippen LogP contribution in [0.1, 0.15) is 36.0 Å². The normalized spacial score (nSPS) is 10.5. The van der Waals surface area contributed by atoms with Gasteiger partial charge in [0.2, 0.25) is 0 Å². The quantitative estimate of drug-likeness (QED) is 0.236. The van der Waals surface area contributed by atoms with E-state index in [4.69, 9.17) is 9.47 Å². The molecule has 178 valence electrons. The summed E-state index contributed by atoms with van der Waals surface area (Å²) in [6.07, 6.45) is 5.89. The highest BCUT2D eigenvalue weighted by Crippen LogP contribution is 2.21. The molecule has 0 aliphatic carbocycles. The second-order valence-electron chi connectivity index (χ2n) is 7.75. The molecule has 2 rings (SSSR count). The van der Waals surface area contributed by atoms with E-state index in [-0.39, 0.29) is 0 Å². The lowest BCUT2D eigenvalue weighted by molar-refractivity contribution is 0.0600. The van der Waals surface area contributed by atoms with Gasteiger partial charge in [0.05, 0.1) is 19.3 Å². The number of ether oxygens (including phenoxy) is 3. The van der Waals surface area contributed by atoms with Gasteiger partial charge in [-0.3, -0.25) is 4.90 Å². The molecule has 0 aliphatic heterocycles. The van der Waals surface area contributed by atoms with Gasteiger partial charge in [-0.25, -0.2) is 9.59 Å². The third-order valence-electron chi connectivity index (χ3n) is 5.12. The fourth-order valence-corrected chi connectivity index (χ4v) is 3.16. The largest absolute Gasteiger partial charge is 0.494 e. The number of unbranched alkanes of at least 4 members (excludes halogenated alkanes) is 3. The standard InChI is InChI=1S/C26H34N2O5/c1-5-18-27(2)19-8-6-7-9-20-32-23-16-12-22(13-17-23)28(3)26(30)33-24-14-10-21(11-15-24)25(29)31-4/h5,10-17H,1,6-9,18-20H2,2-4H3. The van der Waals surface area contributed by atoms with Gasteiger partial charge in [0.1, 0.15) is 11.5 Å². The van der Waals surface area contributed by atoms with E-state index in [1.165, 1.54) is 24.9 Å². The summed E-state index contributed by atoms with van der Waals surface area (Å²) >= 11 is 0. The van der Waals surface area contributed by atoms with Crippen molar-refractivity contribution in [3.63, 3.8) is 0 Å². The number of likely N-dealkylation sites (N-methyl/N-ethyl adjacent to an activating group) is 1. The Bertz CT molecular complexity index is 881. The van der Waals surface area contributed by atoms with Crippen LogP contribution in [0.4, 0.5) is 10.5 Å². The molecule has 0 bridgehead atoms. The van der Waals surface area contributed by atoms with Gasteiger partial charge in [-0.1, -0.05) is 18.9 Å². The molecule has 0 spiro atoms. The molecule has 33 heavy (non-hydrogen) atoms. The molecule has 0 atom stereocenters. The Labute approximate surface area is 196 Å². The number of hydrogen-bond acceptors (Lipinski definition) is 6. The van der Waals surface area contributed by atoms with Crippen molar-refractivity contribution >= 4 is 17.7 Å². The number of benzene rings is 2. The Morgan fingerprint density at radius 2 is 1.55 bits per heavy atom. The molecule has 1 amide bonds. The Hall–Kier alpha value is -3.32. The molecule has 0 aliphatic rings. The summed E-state index contributed by atoms with van der Waals surface area (Å²) in [5.74, 6) is 0.663. The summed E-state index contributed by atoms with van der Waals surface area (Å²) in [7, 11) is 5.05. The third kappa shape index (κ3) is 8.98. The molecule has 0 N–H and O–H groups in total. The van der Waals surface area contributed by atoms with Crippen LogP contribution in [-0.2, 0) is 4.74 Å². The summed E-state index contributed by atoms with van der Waals surface area (Å²) < 4.78 is 15.8. The molecule has 0 saturated carbocycles. The van der Waals surface area contributed by atoms with Crippen molar-refractivity contribution in [3.8, 4) is 11.5 Å².